The van der Waals surface area contributed by atoms with E-state index >= 15 is 0 Å². The van der Waals surface area contributed by atoms with E-state index in [1.807, 2.05) is 0 Å². The maximum atomic E-state index is 11.7. The summed E-state index contributed by atoms with van der Waals surface area (Å²) in [6.07, 6.45) is 1.19. The zero-order valence-corrected chi connectivity index (χ0v) is 10.9. The monoisotopic (exact) mass is 255 g/mol. The maximum Gasteiger partial charge on any atom is 0.251 e. The molecule has 0 aromatic heterocycles. The Kier molecular flexibility index (Phi) is 4.19. The molecular weight excluding hydrogens is 234 g/mol. The quantitative estimate of drug-likeness (QED) is 0.673. The van der Waals surface area contributed by atoms with Crippen LogP contribution in [0.1, 0.15) is 12.8 Å². The van der Waals surface area contributed by atoms with Crippen molar-refractivity contribution in [1.29, 1.82) is 0 Å². The Balaban J connectivity index is 1.69. The molecule has 0 bridgehead atoms. The van der Waals surface area contributed by atoms with Gasteiger partial charge in [-0.05, 0) is 12.8 Å². The summed E-state index contributed by atoms with van der Waals surface area (Å²) in [5.74, 6) is 0.192. The molecule has 2 heterocycles. The predicted octanol–water partition coefficient (Wildman–Crippen LogP) is -1.04. The molecule has 6 nitrogen and oxygen atoms in total. The molecule has 2 amide bonds. The van der Waals surface area contributed by atoms with Crippen molar-refractivity contribution in [2.45, 2.75) is 25.0 Å². The van der Waals surface area contributed by atoms with Crippen LogP contribution in [0, 0.1) is 5.92 Å². The van der Waals surface area contributed by atoms with Crippen LogP contribution < -0.4 is 10.6 Å². The number of amides is 2. The van der Waals surface area contributed by atoms with E-state index in [1.54, 1.807) is 19.0 Å². The summed E-state index contributed by atoms with van der Waals surface area (Å²) in [4.78, 5) is 24.9. The number of carbonyl (C=O) groups is 2. The van der Waals surface area contributed by atoms with E-state index in [0.717, 1.165) is 25.9 Å². The Morgan fingerprint density at radius 2 is 2.06 bits per heavy atom. The summed E-state index contributed by atoms with van der Waals surface area (Å²) in [7, 11) is 3.45. The maximum absolute atomic E-state index is 11.7. The van der Waals surface area contributed by atoms with E-state index in [9.17, 15) is 9.59 Å². The summed E-state index contributed by atoms with van der Waals surface area (Å²) >= 11 is 0. The Bertz CT molecular complexity index is 329. The summed E-state index contributed by atoms with van der Waals surface area (Å²) in [5, 5.41) is 5.95. The largest absolute Gasteiger partial charge is 0.363 e. The third-order valence-electron chi connectivity index (χ3n) is 3.48. The molecule has 0 spiro atoms. The Morgan fingerprint density at radius 1 is 1.33 bits per heavy atom. The van der Waals surface area contributed by atoms with Crippen LogP contribution >= 0.6 is 0 Å². The Hall–Kier alpha value is -1.14. The molecule has 2 atom stereocenters. The Morgan fingerprint density at radius 3 is 2.61 bits per heavy atom. The molecular formula is C12H21N3O3. The predicted molar refractivity (Wildman–Crippen MR) is 66.0 cm³/mol. The van der Waals surface area contributed by atoms with Crippen LogP contribution in [-0.4, -0.2) is 62.7 Å². The van der Waals surface area contributed by atoms with Crippen LogP contribution in [0.25, 0.3) is 0 Å². The number of hydrogen-bond donors (Lipinski definition) is 2. The van der Waals surface area contributed by atoms with Crippen LogP contribution in [0.4, 0.5) is 0 Å². The first-order chi connectivity index (χ1) is 8.58. The topological polar surface area (TPSA) is 70.7 Å². The van der Waals surface area contributed by atoms with Crippen molar-refractivity contribution in [1.82, 2.24) is 15.5 Å². The molecule has 2 rings (SSSR count). The molecule has 2 aliphatic rings. The van der Waals surface area contributed by atoms with Gasteiger partial charge in [-0.2, -0.15) is 0 Å². The normalized spacial score (nSPS) is 27.7. The zero-order chi connectivity index (χ0) is 13.1. The molecule has 18 heavy (non-hydrogen) atoms. The molecule has 2 unspecified atom stereocenters. The molecule has 2 saturated heterocycles. The molecule has 2 N–H and O–H groups in total. The first kappa shape index (κ1) is 13.3. The van der Waals surface area contributed by atoms with Gasteiger partial charge in [0.1, 0.15) is 6.10 Å². The Labute approximate surface area is 107 Å². The molecule has 0 aromatic rings. The van der Waals surface area contributed by atoms with Gasteiger partial charge >= 0.3 is 0 Å². The summed E-state index contributed by atoms with van der Waals surface area (Å²) in [6.45, 7) is 2.03. The number of nitrogens with zero attached hydrogens (tertiary/aromatic N) is 1. The van der Waals surface area contributed by atoms with Crippen LogP contribution in [0.15, 0.2) is 0 Å². The highest BCUT2D eigenvalue weighted by atomic mass is 16.5. The van der Waals surface area contributed by atoms with Crippen LogP contribution in [-0.2, 0) is 14.3 Å². The van der Waals surface area contributed by atoms with Gasteiger partial charge in [0.15, 0.2) is 0 Å². The van der Waals surface area contributed by atoms with Gasteiger partial charge in [-0.25, -0.2) is 0 Å². The SMILES string of the molecule is CN(C)C(=O)C1CCC(CNC(=O)C2CNC2)O1. The van der Waals surface area contributed by atoms with Gasteiger partial charge < -0.3 is 20.3 Å². The third kappa shape index (κ3) is 3.00. The number of ether oxygens (including phenoxy) is 1. The van der Waals surface area contributed by atoms with E-state index in [0.29, 0.717) is 6.54 Å². The minimum absolute atomic E-state index is 0.00650. The van der Waals surface area contributed by atoms with Gasteiger partial charge in [-0.3, -0.25) is 9.59 Å². The minimum atomic E-state index is -0.340. The number of nitrogens with one attached hydrogen (secondary N) is 2. The standard InChI is InChI=1S/C12H21N3O3/c1-15(2)12(17)10-4-3-9(18-10)7-14-11(16)8-5-13-6-8/h8-10,13H,3-7H2,1-2H3,(H,14,16). The lowest BCUT2D eigenvalue weighted by Crippen LogP contribution is -2.51. The van der Waals surface area contributed by atoms with Gasteiger partial charge in [-0.1, -0.05) is 0 Å². The third-order valence-corrected chi connectivity index (χ3v) is 3.48. The summed E-state index contributed by atoms with van der Waals surface area (Å²) in [5.41, 5.74) is 0. The van der Waals surface area contributed by atoms with Crippen molar-refractivity contribution < 1.29 is 14.3 Å². The zero-order valence-electron chi connectivity index (χ0n) is 10.9. The molecule has 6 heteroatoms. The fourth-order valence-electron chi connectivity index (χ4n) is 2.16. The van der Waals surface area contributed by atoms with Crippen molar-refractivity contribution >= 4 is 11.8 Å². The average molecular weight is 255 g/mol. The van der Waals surface area contributed by atoms with Crippen LogP contribution in [0.5, 0.6) is 0 Å². The summed E-state index contributed by atoms with van der Waals surface area (Å²) in [6, 6.07) is 0. The van der Waals surface area contributed by atoms with Gasteiger partial charge in [0, 0.05) is 33.7 Å². The van der Waals surface area contributed by atoms with Gasteiger partial charge in [-0.15, -0.1) is 0 Å². The highest BCUT2D eigenvalue weighted by molar-refractivity contribution is 5.81. The van der Waals surface area contributed by atoms with Crippen molar-refractivity contribution in [2.24, 2.45) is 5.92 Å². The first-order valence-corrected chi connectivity index (χ1v) is 6.43. The number of hydrogen-bond acceptors (Lipinski definition) is 4. The average Bonchev–Trinajstić information content (AvgIpc) is 2.71. The lowest BCUT2D eigenvalue weighted by Gasteiger charge is -2.26. The van der Waals surface area contributed by atoms with Gasteiger partial charge in [0.25, 0.3) is 5.91 Å². The van der Waals surface area contributed by atoms with Crippen molar-refractivity contribution in [3.05, 3.63) is 0 Å². The van der Waals surface area contributed by atoms with E-state index in [2.05, 4.69) is 10.6 Å². The molecule has 0 aliphatic carbocycles. The number of likely N-dealkylation sites (N-methyl/N-ethyl adjacent to an activating group) is 1. The van der Waals surface area contributed by atoms with Crippen molar-refractivity contribution in [3.63, 3.8) is 0 Å². The van der Waals surface area contributed by atoms with E-state index in [1.165, 1.54) is 0 Å². The minimum Gasteiger partial charge on any atom is -0.363 e. The van der Waals surface area contributed by atoms with Gasteiger partial charge in [0.2, 0.25) is 5.91 Å². The molecule has 102 valence electrons. The van der Waals surface area contributed by atoms with Gasteiger partial charge in [0.05, 0.1) is 12.0 Å². The van der Waals surface area contributed by atoms with Crippen molar-refractivity contribution in [2.75, 3.05) is 33.7 Å². The van der Waals surface area contributed by atoms with Crippen LogP contribution in [0.3, 0.4) is 0 Å². The summed E-state index contributed by atoms with van der Waals surface area (Å²) < 4.78 is 5.64. The van der Waals surface area contributed by atoms with E-state index < -0.39 is 0 Å². The molecule has 2 fully saturated rings. The molecule has 2 aliphatic heterocycles. The molecule has 0 aromatic carbocycles. The first-order valence-electron chi connectivity index (χ1n) is 6.43. The second-order valence-electron chi connectivity index (χ2n) is 5.16. The highest BCUT2D eigenvalue weighted by Crippen LogP contribution is 2.20. The number of carbonyl (C=O) groups excluding carboxylic acids is 2. The molecule has 0 radical (unpaired) electrons. The fraction of sp³-hybridized carbons (Fsp3) is 0.833. The molecule has 0 saturated carbocycles. The number of rotatable bonds is 4. The fourth-order valence-corrected chi connectivity index (χ4v) is 2.16. The second kappa shape index (κ2) is 5.67. The van der Waals surface area contributed by atoms with E-state index in [-0.39, 0.29) is 29.9 Å². The smallest absolute Gasteiger partial charge is 0.251 e. The second-order valence-corrected chi connectivity index (χ2v) is 5.16. The lowest BCUT2D eigenvalue weighted by atomic mass is 10.0. The van der Waals surface area contributed by atoms with Crippen molar-refractivity contribution in [3.8, 4) is 0 Å². The van der Waals surface area contributed by atoms with E-state index in [4.69, 9.17) is 4.74 Å². The lowest BCUT2D eigenvalue weighted by molar-refractivity contribution is -0.140. The highest BCUT2D eigenvalue weighted by Gasteiger charge is 2.32. The van der Waals surface area contributed by atoms with Crippen LogP contribution in [0.2, 0.25) is 0 Å².